The van der Waals surface area contributed by atoms with Gasteiger partial charge >= 0.3 is 0 Å². The van der Waals surface area contributed by atoms with Crippen LogP contribution in [0.25, 0.3) is 0 Å². The lowest BCUT2D eigenvalue weighted by Gasteiger charge is -2.33. The van der Waals surface area contributed by atoms with Crippen LogP contribution in [-0.4, -0.2) is 27.4 Å². The van der Waals surface area contributed by atoms with E-state index in [4.69, 9.17) is 14.2 Å². The molecule has 2 rings (SSSR count). The molecule has 0 atom stereocenters. The van der Waals surface area contributed by atoms with Gasteiger partial charge in [-0.25, -0.2) is 0 Å². The van der Waals surface area contributed by atoms with Crippen LogP contribution in [0.5, 0.6) is 17.2 Å². The Balaban J connectivity index is 2.10. The summed E-state index contributed by atoms with van der Waals surface area (Å²) in [5, 5.41) is 3.55. The fourth-order valence-electron chi connectivity index (χ4n) is 2.63. The zero-order valence-corrected chi connectivity index (χ0v) is 12.2. The molecule has 1 N–H and O–H groups in total. The maximum atomic E-state index is 5.47. The van der Waals surface area contributed by atoms with Crippen molar-refractivity contribution in [1.82, 2.24) is 5.32 Å². The Morgan fingerprint density at radius 2 is 1.74 bits per heavy atom. The predicted octanol–water partition coefficient (Wildman–Crippen LogP) is 2.60. The number of rotatable bonds is 6. The lowest BCUT2D eigenvalue weighted by Crippen LogP contribution is -2.39. The van der Waals surface area contributed by atoms with Crippen molar-refractivity contribution >= 4 is 0 Å². The second-order valence-corrected chi connectivity index (χ2v) is 5.15. The van der Waals surface area contributed by atoms with Crippen LogP contribution < -0.4 is 19.5 Å². The highest BCUT2D eigenvalue weighted by Gasteiger charge is 2.25. The molecule has 1 aromatic rings. The van der Waals surface area contributed by atoms with Crippen LogP contribution in [0.4, 0.5) is 0 Å². The molecule has 0 unspecified atom stereocenters. The molecule has 1 aromatic carbocycles. The van der Waals surface area contributed by atoms with E-state index in [1.807, 2.05) is 12.1 Å². The van der Waals surface area contributed by atoms with Crippen LogP contribution in [0.1, 0.15) is 25.3 Å². The van der Waals surface area contributed by atoms with Gasteiger partial charge in [-0.2, -0.15) is 0 Å². The van der Waals surface area contributed by atoms with Gasteiger partial charge in [-0.3, -0.25) is 0 Å². The quantitative estimate of drug-likeness (QED) is 0.858. The summed E-state index contributed by atoms with van der Waals surface area (Å²) in [6, 6.07) is 4.57. The third-order valence-electron chi connectivity index (χ3n) is 3.74. The van der Waals surface area contributed by atoms with Gasteiger partial charge in [-0.1, -0.05) is 13.0 Å². The monoisotopic (exact) mass is 265 g/mol. The van der Waals surface area contributed by atoms with E-state index in [0.29, 0.717) is 17.5 Å². The first kappa shape index (κ1) is 14.0. The first-order valence-electron chi connectivity index (χ1n) is 6.70. The standard InChI is InChI=1S/C15H23NO3/c1-10-7-12(8-10)16-9-11-5-6-13(17-2)15(19-4)14(11)18-3/h5-6,10,12,16H,7-9H2,1-4H3. The summed E-state index contributed by atoms with van der Waals surface area (Å²) in [5.74, 6) is 2.96. The van der Waals surface area contributed by atoms with Gasteiger partial charge in [-0.05, 0) is 24.8 Å². The van der Waals surface area contributed by atoms with Gasteiger partial charge in [0.05, 0.1) is 21.3 Å². The summed E-state index contributed by atoms with van der Waals surface area (Å²) < 4.78 is 16.1. The summed E-state index contributed by atoms with van der Waals surface area (Å²) in [5.41, 5.74) is 1.10. The first-order chi connectivity index (χ1) is 9.19. The van der Waals surface area contributed by atoms with Crippen molar-refractivity contribution < 1.29 is 14.2 Å². The average molecular weight is 265 g/mol. The normalized spacial score (nSPS) is 21.7. The molecule has 0 bridgehead atoms. The Bertz CT molecular complexity index is 428. The molecule has 4 heteroatoms. The van der Waals surface area contributed by atoms with E-state index in [0.717, 1.165) is 23.8 Å². The second-order valence-electron chi connectivity index (χ2n) is 5.15. The van der Waals surface area contributed by atoms with Crippen molar-refractivity contribution in [3.8, 4) is 17.2 Å². The van der Waals surface area contributed by atoms with Crippen LogP contribution in [0.15, 0.2) is 12.1 Å². The SMILES string of the molecule is COc1ccc(CNC2CC(C)C2)c(OC)c1OC. The lowest BCUT2D eigenvalue weighted by atomic mass is 9.82. The summed E-state index contributed by atoms with van der Waals surface area (Å²) in [7, 11) is 4.92. The molecule has 0 heterocycles. The van der Waals surface area contributed by atoms with Crippen LogP contribution in [-0.2, 0) is 6.54 Å². The molecule has 0 spiro atoms. The highest BCUT2D eigenvalue weighted by molar-refractivity contribution is 5.55. The lowest BCUT2D eigenvalue weighted by molar-refractivity contribution is 0.239. The fourth-order valence-corrected chi connectivity index (χ4v) is 2.63. The molecule has 0 radical (unpaired) electrons. The van der Waals surface area contributed by atoms with E-state index >= 15 is 0 Å². The van der Waals surface area contributed by atoms with Gasteiger partial charge in [-0.15, -0.1) is 0 Å². The first-order valence-corrected chi connectivity index (χ1v) is 6.70. The van der Waals surface area contributed by atoms with Gasteiger partial charge in [0.1, 0.15) is 0 Å². The summed E-state index contributed by atoms with van der Waals surface area (Å²) in [4.78, 5) is 0. The number of hydrogen-bond donors (Lipinski definition) is 1. The van der Waals surface area contributed by atoms with Crippen molar-refractivity contribution in [2.45, 2.75) is 32.4 Å². The molecule has 0 amide bonds. The zero-order chi connectivity index (χ0) is 13.8. The Morgan fingerprint density at radius 1 is 1.05 bits per heavy atom. The molecule has 1 fully saturated rings. The molecule has 0 saturated heterocycles. The van der Waals surface area contributed by atoms with E-state index in [1.165, 1.54) is 12.8 Å². The predicted molar refractivity (Wildman–Crippen MR) is 75.1 cm³/mol. The minimum Gasteiger partial charge on any atom is -0.493 e. The van der Waals surface area contributed by atoms with E-state index in [1.54, 1.807) is 21.3 Å². The van der Waals surface area contributed by atoms with Crippen molar-refractivity contribution in [2.24, 2.45) is 5.92 Å². The molecular weight excluding hydrogens is 242 g/mol. The number of nitrogens with one attached hydrogen (secondary N) is 1. The third kappa shape index (κ3) is 2.95. The number of hydrogen-bond acceptors (Lipinski definition) is 4. The van der Waals surface area contributed by atoms with Crippen LogP contribution >= 0.6 is 0 Å². The molecule has 0 aromatic heterocycles. The topological polar surface area (TPSA) is 39.7 Å². The van der Waals surface area contributed by atoms with Crippen LogP contribution in [0.2, 0.25) is 0 Å². The molecule has 106 valence electrons. The molecule has 1 aliphatic rings. The average Bonchev–Trinajstić information content (AvgIpc) is 2.40. The molecule has 4 nitrogen and oxygen atoms in total. The third-order valence-corrected chi connectivity index (χ3v) is 3.74. The summed E-state index contributed by atoms with van der Waals surface area (Å²) in [6.07, 6.45) is 2.52. The summed E-state index contributed by atoms with van der Waals surface area (Å²) in [6.45, 7) is 3.08. The fraction of sp³-hybridized carbons (Fsp3) is 0.600. The van der Waals surface area contributed by atoms with Gasteiger partial charge in [0, 0.05) is 18.2 Å². The minimum atomic E-state index is 0.632. The summed E-state index contributed by atoms with van der Waals surface area (Å²) >= 11 is 0. The minimum absolute atomic E-state index is 0.632. The van der Waals surface area contributed by atoms with E-state index < -0.39 is 0 Å². The Morgan fingerprint density at radius 3 is 2.26 bits per heavy atom. The molecule has 0 aliphatic heterocycles. The maximum absolute atomic E-state index is 5.47. The van der Waals surface area contributed by atoms with E-state index in [-0.39, 0.29) is 0 Å². The van der Waals surface area contributed by atoms with Crippen LogP contribution in [0, 0.1) is 5.92 Å². The van der Waals surface area contributed by atoms with Gasteiger partial charge in [0.15, 0.2) is 11.5 Å². The number of ether oxygens (including phenoxy) is 3. The number of methoxy groups -OCH3 is 3. The van der Waals surface area contributed by atoms with Gasteiger partial charge in [0.25, 0.3) is 0 Å². The van der Waals surface area contributed by atoms with Crippen molar-refractivity contribution in [3.05, 3.63) is 17.7 Å². The van der Waals surface area contributed by atoms with E-state index in [9.17, 15) is 0 Å². The molecule has 1 aliphatic carbocycles. The van der Waals surface area contributed by atoms with Crippen molar-refractivity contribution in [2.75, 3.05) is 21.3 Å². The Kier molecular flexibility index (Phi) is 4.53. The highest BCUT2D eigenvalue weighted by Crippen LogP contribution is 2.40. The maximum Gasteiger partial charge on any atom is 0.203 e. The van der Waals surface area contributed by atoms with Crippen molar-refractivity contribution in [3.63, 3.8) is 0 Å². The highest BCUT2D eigenvalue weighted by atomic mass is 16.5. The molecular formula is C15H23NO3. The second kappa shape index (κ2) is 6.15. The van der Waals surface area contributed by atoms with Gasteiger partial charge in [0.2, 0.25) is 5.75 Å². The molecule has 19 heavy (non-hydrogen) atoms. The molecule has 1 saturated carbocycles. The number of benzene rings is 1. The van der Waals surface area contributed by atoms with Crippen molar-refractivity contribution in [1.29, 1.82) is 0 Å². The smallest absolute Gasteiger partial charge is 0.203 e. The Hall–Kier alpha value is -1.42. The van der Waals surface area contributed by atoms with Crippen LogP contribution in [0.3, 0.4) is 0 Å². The van der Waals surface area contributed by atoms with Gasteiger partial charge < -0.3 is 19.5 Å². The van der Waals surface area contributed by atoms with E-state index in [2.05, 4.69) is 12.2 Å². The zero-order valence-electron chi connectivity index (χ0n) is 12.2. The Labute approximate surface area is 115 Å². The largest absolute Gasteiger partial charge is 0.493 e.